The lowest BCUT2D eigenvalue weighted by Gasteiger charge is -2.15. The fourth-order valence-electron chi connectivity index (χ4n) is 1.46. The van der Waals surface area contributed by atoms with E-state index in [1.54, 1.807) is 12.1 Å². The van der Waals surface area contributed by atoms with E-state index in [0.717, 1.165) is 0 Å². The first-order valence-electron chi connectivity index (χ1n) is 5.74. The van der Waals surface area contributed by atoms with E-state index >= 15 is 0 Å². The number of carbonyl (C=O) groups is 2. The van der Waals surface area contributed by atoms with Crippen LogP contribution in [0, 0.1) is 5.92 Å². The molecular weight excluding hydrogens is 234 g/mol. The molecule has 0 aliphatic carbocycles. The van der Waals surface area contributed by atoms with Crippen molar-refractivity contribution in [2.75, 3.05) is 0 Å². The summed E-state index contributed by atoms with van der Waals surface area (Å²) in [6.07, 6.45) is 4.64. The number of aliphatic carboxylic acids is 1. The predicted octanol–water partition coefficient (Wildman–Crippen LogP) is 1.91. The van der Waals surface area contributed by atoms with Gasteiger partial charge >= 0.3 is 5.97 Å². The third-order valence-electron chi connectivity index (χ3n) is 2.26. The molecule has 0 aromatic carbocycles. The van der Waals surface area contributed by atoms with Gasteiger partial charge in [-0.1, -0.05) is 13.8 Å². The van der Waals surface area contributed by atoms with Gasteiger partial charge in [-0.3, -0.25) is 4.79 Å². The van der Waals surface area contributed by atoms with Gasteiger partial charge in [0.2, 0.25) is 5.91 Å². The minimum absolute atomic E-state index is 0.195. The molecule has 0 radical (unpaired) electrons. The first-order valence-corrected chi connectivity index (χ1v) is 5.74. The fourth-order valence-corrected chi connectivity index (χ4v) is 1.46. The van der Waals surface area contributed by atoms with Crippen LogP contribution in [0.3, 0.4) is 0 Å². The Balaban J connectivity index is 2.53. The number of nitrogens with one attached hydrogen (secondary N) is 1. The third kappa shape index (κ3) is 4.86. The topological polar surface area (TPSA) is 79.5 Å². The molecule has 1 aromatic rings. The predicted molar refractivity (Wildman–Crippen MR) is 66.8 cm³/mol. The Labute approximate surface area is 105 Å². The highest BCUT2D eigenvalue weighted by molar-refractivity contribution is 5.94. The van der Waals surface area contributed by atoms with E-state index in [1.807, 2.05) is 13.8 Å². The number of rotatable bonds is 6. The summed E-state index contributed by atoms with van der Waals surface area (Å²) < 4.78 is 5.02. The Hall–Kier alpha value is -2.04. The second kappa shape index (κ2) is 6.64. The van der Waals surface area contributed by atoms with Gasteiger partial charge in [-0.25, -0.2) is 4.79 Å². The number of furan rings is 1. The molecule has 0 unspecified atom stereocenters. The molecule has 1 rings (SSSR count). The molecular formula is C13H17NO4. The molecule has 1 heterocycles. The summed E-state index contributed by atoms with van der Waals surface area (Å²) in [6, 6.07) is 2.54. The summed E-state index contributed by atoms with van der Waals surface area (Å²) >= 11 is 0. The molecule has 5 nitrogen and oxygen atoms in total. The Kier molecular flexibility index (Phi) is 5.17. The molecule has 98 valence electrons. The van der Waals surface area contributed by atoms with Crippen molar-refractivity contribution in [2.45, 2.75) is 26.3 Å². The smallest absolute Gasteiger partial charge is 0.326 e. The largest absolute Gasteiger partial charge is 0.480 e. The quantitative estimate of drug-likeness (QED) is 0.757. The van der Waals surface area contributed by atoms with Crippen molar-refractivity contribution in [1.29, 1.82) is 0 Å². The van der Waals surface area contributed by atoms with Crippen LogP contribution in [0.4, 0.5) is 0 Å². The van der Waals surface area contributed by atoms with Crippen LogP contribution in [0.25, 0.3) is 6.08 Å². The molecule has 1 aromatic heterocycles. The average Bonchev–Trinajstić information content (AvgIpc) is 2.77. The van der Waals surface area contributed by atoms with E-state index in [-0.39, 0.29) is 5.92 Å². The summed E-state index contributed by atoms with van der Waals surface area (Å²) in [5, 5.41) is 11.4. The summed E-state index contributed by atoms with van der Waals surface area (Å²) in [6.45, 7) is 3.81. The molecule has 1 atom stereocenters. The molecule has 0 aliphatic rings. The monoisotopic (exact) mass is 251 g/mol. The highest BCUT2D eigenvalue weighted by atomic mass is 16.4. The molecule has 1 amide bonds. The van der Waals surface area contributed by atoms with Crippen molar-refractivity contribution in [3.63, 3.8) is 0 Å². The van der Waals surface area contributed by atoms with Gasteiger partial charge < -0.3 is 14.8 Å². The average molecular weight is 251 g/mol. The zero-order valence-electron chi connectivity index (χ0n) is 10.4. The Bertz CT molecular complexity index is 420. The van der Waals surface area contributed by atoms with E-state index in [4.69, 9.17) is 9.52 Å². The minimum Gasteiger partial charge on any atom is -0.480 e. The molecule has 0 spiro atoms. The first-order chi connectivity index (χ1) is 8.49. The lowest BCUT2D eigenvalue weighted by molar-refractivity contribution is -0.141. The maximum Gasteiger partial charge on any atom is 0.326 e. The van der Waals surface area contributed by atoms with E-state index < -0.39 is 17.9 Å². The lowest BCUT2D eigenvalue weighted by atomic mass is 10.0. The van der Waals surface area contributed by atoms with Crippen molar-refractivity contribution < 1.29 is 19.1 Å². The van der Waals surface area contributed by atoms with Crippen LogP contribution in [0.5, 0.6) is 0 Å². The Morgan fingerprint density at radius 1 is 1.50 bits per heavy atom. The highest BCUT2D eigenvalue weighted by Crippen LogP contribution is 2.06. The maximum absolute atomic E-state index is 11.5. The van der Waals surface area contributed by atoms with E-state index in [0.29, 0.717) is 12.2 Å². The van der Waals surface area contributed by atoms with Crippen LogP contribution in [0.1, 0.15) is 26.0 Å². The van der Waals surface area contributed by atoms with Gasteiger partial charge in [0.1, 0.15) is 11.8 Å². The minimum atomic E-state index is -1.02. The van der Waals surface area contributed by atoms with Crippen LogP contribution >= 0.6 is 0 Å². The summed E-state index contributed by atoms with van der Waals surface area (Å²) in [4.78, 5) is 22.5. The molecule has 0 saturated heterocycles. The second-order valence-corrected chi connectivity index (χ2v) is 4.38. The number of carbonyl (C=O) groups excluding carboxylic acids is 1. The van der Waals surface area contributed by atoms with Gasteiger partial charge in [0.25, 0.3) is 0 Å². The van der Waals surface area contributed by atoms with Gasteiger partial charge in [-0.15, -0.1) is 0 Å². The summed E-state index contributed by atoms with van der Waals surface area (Å²) in [5.41, 5.74) is 0. The molecule has 0 fully saturated rings. The molecule has 0 aliphatic heterocycles. The summed E-state index contributed by atoms with van der Waals surface area (Å²) in [5.74, 6) is -0.732. The Morgan fingerprint density at radius 3 is 2.72 bits per heavy atom. The number of amides is 1. The SMILES string of the molecule is CC(C)C[C@H](NC(=O)C=Cc1ccco1)C(=O)O. The number of hydrogen-bond donors (Lipinski definition) is 2. The van der Waals surface area contributed by atoms with Crippen LogP contribution in [-0.2, 0) is 9.59 Å². The van der Waals surface area contributed by atoms with Gasteiger partial charge in [0.05, 0.1) is 6.26 Å². The van der Waals surface area contributed by atoms with Crippen LogP contribution in [0.2, 0.25) is 0 Å². The zero-order chi connectivity index (χ0) is 13.5. The maximum atomic E-state index is 11.5. The van der Waals surface area contributed by atoms with Crippen molar-refractivity contribution >= 4 is 18.0 Å². The fraction of sp³-hybridized carbons (Fsp3) is 0.385. The standard InChI is InChI=1S/C13H17NO4/c1-9(2)8-11(13(16)17)14-12(15)6-5-10-4-3-7-18-10/h3-7,9,11H,8H2,1-2H3,(H,14,15)(H,16,17)/t11-/m0/s1. The van der Waals surface area contributed by atoms with Gasteiger partial charge in [-0.2, -0.15) is 0 Å². The Morgan fingerprint density at radius 2 is 2.22 bits per heavy atom. The van der Waals surface area contributed by atoms with Gasteiger partial charge in [-0.05, 0) is 30.5 Å². The molecule has 18 heavy (non-hydrogen) atoms. The van der Waals surface area contributed by atoms with Crippen molar-refractivity contribution in [3.8, 4) is 0 Å². The summed E-state index contributed by atoms with van der Waals surface area (Å²) in [7, 11) is 0. The zero-order valence-corrected chi connectivity index (χ0v) is 10.4. The number of carboxylic acid groups (broad SMARTS) is 1. The number of hydrogen-bond acceptors (Lipinski definition) is 3. The normalized spacial score (nSPS) is 12.8. The van der Waals surface area contributed by atoms with Crippen molar-refractivity contribution in [1.82, 2.24) is 5.32 Å². The van der Waals surface area contributed by atoms with Crippen LogP contribution in [0.15, 0.2) is 28.9 Å². The molecule has 0 bridgehead atoms. The number of carboxylic acids is 1. The second-order valence-electron chi connectivity index (χ2n) is 4.38. The van der Waals surface area contributed by atoms with Gasteiger partial charge in [0.15, 0.2) is 0 Å². The highest BCUT2D eigenvalue weighted by Gasteiger charge is 2.19. The van der Waals surface area contributed by atoms with Crippen molar-refractivity contribution in [2.24, 2.45) is 5.92 Å². The van der Waals surface area contributed by atoms with Crippen LogP contribution in [-0.4, -0.2) is 23.0 Å². The first kappa shape index (κ1) is 14.0. The molecule has 2 N–H and O–H groups in total. The van der Waals surface area contributed by atoms with E-state index in [2.05, 4.69) is 5.32 Å². The molecule has 5 heteroatoms. The van der Waals surface area contributed by atoms with E-state index in [1.165, 1.54) is 18.4 Å². The molecule has 0 saturated carbocycles. The van der Waals surface area contributed by atoms with E-state index in [9.17, 15) is 9.59 Å². The third-order valence-corrected chi connectivity index (χ3v) is 2.26. The van der Waals surface area contributed by atoms with Crippen molar-refractivity contribution in [3.05, 3.63) is 30.2 Å². The lowest BCUT2D eigenvalue weighted by Crippen LogP contribution is -2.40. The van der Waals surface area contributed by atoms with Crippen LogP contribution < -0.4 is 5.32 Å². The van der Waals surface area contributed by atoms with Gasteiger partial charge in [0, 0.05) is 6.08 Å².